The quantitative estimate of drug-likeness (QED) is 0.481. The molecule has 7 heteroatoms. The number of furan rings is 1. The summed E-state index contributed by atoms with van der Waals surface area (Å²) in [5.41, 5.74) is 2.14. The van der Waals surface area contributed by atoms with Crippen LogP contribution in [0.2, 0.25) is 0 Å². The lowest BCUT2D eigenvalue weighted by atomic mass is 10.2. The first-order chi connectivity index (χ1) is 13.7. The van der Waals surface area contributed by atoms with E-state index in [4.69, 9.17) is 4.42 Å². The van der Waals surface area contributed by atoms with E-state index in [9.17, 15) is 9.59 Å². The summed E-state index contributed by atoms with van der Waals surface area (Å²) in [7, 11) is 0. The molecule has 4 aromatic rings. The molecule has 0 aliphatic heterocycles. The second-order valence-electron chi connectivity index (χ2n) is 5.85. The molecule has 0 aliphatic carbocycles. The van der Waals surface area contributed by atoms with E-state index < -0.39 is 0 Å². The molecule has 0 radical (unpaired) electrons. The molecule has 0 unspecified atom stereocenters. The predicted molar refractivity (Wildman–Crippen MR) is 110 cm³/mol. The number of carbonyl (C=O) groups is 2. The molecule has 2 amide bonds. The molecule has 0 atom stereocenters. The number of hydrogen-bond donors (Lipinski definition) is 2. The highest BCUT2D eigenvalue weighted by molar-refractivity contribution is 7.19. The number of fused-ring (bicyclic) bond motifs is 1. The van der Waals surface area contributed by atoms with Crippen molar-refractivity contribution in [3.63, 3.8) is 0 Å². The summed E-state index contributed by atoms with van der Waals surface area (Å²) in [6, 6.07) is 17.9. The average Bonchev–Trinajstić information content (AvgIpc) is 3.37. The monoisotopic (exact) mass is 389 g/mol. The molecular weight excluding hydrogens is 374 g/mol. The van der Waals surface area contributed by atoms with Crippen molar-refractivity contribution in [2.75, 3.05) is 10.6 Å². The zero-order valence-electron chi connectivity index (χ0n) is 14.6. The Morgan fingerprint density at radius 2 is 1.68 bits per heavy atom. The minimum absolute atomic E-state index is 0.234. The van der Waals surface area contributed by atoms with Crippen molar-refractivity contribution in [1.29, 1.82) is 0 Å². The molecule has 0 spiro atoms. The Kier molecular flexibility index (Phi) is 4.99. The highest BCUT2D eigenvalue weighted by atomic mass is 32.1. The standard InChI is InChI=1S/C21H15N3O3S/c25-19(11-12-20-24-16-4-1-2-6-18(16)28-20)22-14-7-9-15(10-8-14)23-21(26)17-5-3-13-27-17/h1-13H,(H,22,25)(H,23,26)/b12-11+. The Hall–Kier alpha value is -3.71. The number of nitrogens with zero attached hydrogens (tertiary/aromatic N) is 1. The molecule has 0 fully saturated rings. The summed E-state index contributed by atoms with van der Waals surface area (Å²) in [6.45, 7) is 0. The fraction of sp³-hybridized carbons (Fsp3) is 0. The molecule has 28 heavy (non-hydrogen) atoms. The van der Waals surface area contributed by atoms with Gasteiger partial charge in [-0.2, -0.15) is 0 Å². The van der Waals surface area contributed by atoms with Crippen LogP contribution in [0.5, 0.6) is 0 Å². The van der Waals surface area contributed by atoms with E-state index >= 15 is 0 Å². The number of aromatic nitrogens is 1. The van der Waals surface area contributed by atoms with Crippen LogP contribution < -0.4 is 10.6 Å². The fourth-order valence-electron chi connectivity index (χ4n) is 2.53. The summed E-state index contributed by atoms with van der Waals surface area (Å²) in [6.07, 6.45) is 4.58. The lowest BCUT2D eigenvalue weighted by Crippen LogP contribution is -2.11. The van der Waals surface area contributed by atoms with Gasteiger partial charge in [0.05, 0.1) is 16.5 Å². The van der Waals surface area contributed by atoms with E-state index in [-0.39, 0.29) is 17.6 Å². The van der Waals surface area contributed by atoms with E-state index in [0.29, 0.717) is 11.4 Å². The third kappa shape index (κ3) is 4.16. The maximum atomic E-state index is 12.1. The molecule has 6 nitrogen and oxygen atoms in total. The molecule has 0 aliphatic rings. The second-order valence-corrected chi connectivity index (χ2v) is 6.91. The maximum Gasteiger partial charge on any atom is 0.291 e. The highest BCUT2D eigenvalue weighted by Gasteiger charge is 2.08. The van der Waals surface area contributed by atoms with Gasteiger partial charge in [0.2, 0.25) is 5.91 Å². The average molecular weight is 389 g/mol. The summed E-state index contributed by atoms with van der Waals surface area (Å²) in [4.78, 5) is 28.5. The van der Waals surface area contributed by atoms with E-state index in [1.807, 2.05) is 24.3 Å². The molecule has 0 bridgehead atoms. The van der Waals surface area contributed by atoms with Crippen LogP contribution in [-0.2, 0) is 4.79 Å². The molecule has 2 aromatic heterocycles. The Bertz CT molecular complexity index is 1110. The minimum atomic E-state index is -0.333. The second kappa shape index (κ2) is 7.89. The van der Waals surface area contributed by atoms with Crippen molar-refractivity contribution in [3.05, 3.63) is 83.8 Å². The number of thiazole rings is 1. The van der Waals surface area contributed by atoms with Gasteiger partial charge in [-0.25, -0.2) is 4.98 Å². The van der Waals surface area contributed by atoms with Gasteiger partial charge >= 0.3 is 0 Å². The van der Waals surface area contributed by atoms with Crippen LogP contribution in [0.1, 0.15) is 15.6 Å². The van der Waals surface area contributed by atoms with Gasteiger partial charge in [-0.05, 0) is 54.6 Å². The van der Waals surface area contributed by atoms with Crippen molar-refractivity contribution >= 4 is 50.8 Å². The topological polar surface area (TPSA) is 84.2 Å². The zero-order chi connectivity index (χ0) is 19.3. The molecule has 0 saturated heterocycles. The summed E-state index contributed by atoms with van der Waals surface area (Å²) in [5.74, 6) is -0.357. The van der Waals surface area contributed by atoms with Crippen LogP contribution in [-0.4, -0.2) is 16.8 Å². The number of nitrogens with one attached hydrogen (secondary N) is 2. The molecule has 4 rings (SSSR count). The highest BCUT2D eigenvalue weighted by Crippen LogP contribution is 2.22. The molecule has 2 aromatic carbocycles. The number of para-hydroxylation sites is 1. The van der Waals surface area contributed by atoms with Gasteiger partial charge in [-0.3, -0.25) is 9.59 Å². The van der Waals surface area contributed by atoms with Gasteiger partial charge in [-0.1, -0.05) is 12.1 Å². The van der Waals surface area contributed by atoms with Gasteiger partial charge in [0.15, 0.2) is 5.76 Å². The Balaban J connectivity index is 1.35. The summed E-state index contributed by atoms with van der Waals surface area (Å²) >= 11 is 1.53. The number of amides is 2. The Morgan fingerprint density at radius 3 is 2.39 bits per heavy atom. The van der Waals surface area contributed by atoms with Gasteiger partial charge in [-0.15, -0.1) is 11.3 Å². The Morgan fingerprint density at radius 1 is 0.929 bits per heavy atom. The summed E-state index contributed by atoms with van der Waals surface area (Å²) < 4.78 is 6.12. The van der Waals surface area contributed by atoms with Crippen LogP contribution in [0.4, 0.5) is 11.4 Å². The van der Waals surface area contributed by atoms with E-state index in [1.165, 1.54) is 23.7 Å². The first kappa shape index (κ1) is 17.7. The number of hydrogen-bond acceptors (Lipinski definition) is 5. The number of benzene rings is 2. The number of anilines is 2. The SMILES string of the molecule is O=C(/C=C/c1nc2ccccc2s1)Nc1ccc(NC(=O)c2ccco2)cc1. The van der Waals surface area contributed by atoms with Crippen molar-refractivity contribution in [2.45, 2.75) is 0 Å². The third-order valence-corrected chi connectivity index (χ3v) is 4.84. The lowest BCUT2D eigenvalue weighted by Gasteiger charge is -2.05. The lowest BCUT2D eigenvalue weighted by molar-refractivity contribution is -0.111. The first-order valence-corrected chi connectivity index (χ1v) is 9.28. The number of carbonyl (C=O) groups excluding carboxylic acids is 2. The molecule has 138 valence electrons. The Labute approximate surface area is 164 Å². The van der Waals surface area contributed by atoms with Crippen LogP contribution in [0.15, 0.2) is 77.4 Å². The molecule has 2 heterocycles. The van der Waals surface area contributed by atoms with Crippen molar-refractivity contribution < 1.29 is 14.0 Å². The normalized spacial score (nSPS) is 11.0. The first-order valence-electron chi connectivity index (χ1n) is 8.47. The third-order valence-electron chi connectivity index (χ3n) is 3.84. The van der Waals surface area contributed by atoms with E-state index in [2.05, 4.69) is 15.6 Å². The fourth-order valence-corrected chi connectivity index (χ4v) is 3.40. The maximum absolute atomic E-state index is 12.1. The summed E-state index contributed by atoms with van der Waals surface area (Å²) in [5, 5.41) is 6.26. The van der Waals surface area contributed by atoms with Crippen LogP contribution in [0, 0.1) is 0 Å². The van der Waals surface area contributed by atoms with Gasteiger partial charge in [0.1, 0.15) is 5.01 Å². The minimum Gasteiger partial charge on any atom is -0.459 e. The predicted octanol–water partition coefficient (Wildman–Crippen LogP) is 4.79. The van der Waals surface area contributed by atoms with E-state index in [0.717, 1.165) is 15.2 Å². The number of rotatable bonds is 5. The van der Waals surface area contributed by atoms with Crippen LogP contribution in [0.3, 0.4) is 0 Å². The molecule has 0 saturated carbocycles. The van der Waals surface area contributed by atoms with Gasteiger partial charge in [0.25, 0.3) is 5.91 Å². The van der Waals surface area contributed by atoms with E-state index in [1.54, 1.807) is 42.5 Å². The smallest absolute Gasteiger partial charge is 0.291 e. The van der Waals surface area contributed by atoms with Gasteiger partial charge in [0, 0.05) is 17.5 Å². The zero-order valence-corrected chi connectivity index (χ0v) is 15.4. The van der Waals surface area contributed by atoms with Crippen molar-refractivity contribution in [2.24, 2.45) is 0 Å². The largest absolute Gasteiger partial charge is 0.459 e. The van der Waals surface area contributed by atoms with Crippen LogP contribution >= 0.6 is 11.3 Å². The molecular formula is C21H15N3O3S. The van der Waals surface area contributed by atoms with Crippen molar-refractivity contribution in [1.82, 2.24) is 4.98 Å². The van der Waals surface area contributed by atoms with Crippen LogP contribution in [0.25, 0.3) is 16.3 Å². The van der Waals surface area contributed by atoms with Gasteiger partial charge < -0.3 is 15.1 Å². The molecule has 2 N–H and O–H groups in total. The van der Waals surface area contributed by atoms with Crippen molar-refractivity contribution in [3.8, 4) is 0 Å².